The summed E-state index contributed by atoms with van der Waals surface area (Å²) in [5.41, 5.74) is 0.711. The molecule has 0 aromatic heterocycles. The Morgan fingerprint density at radius 1 is 1.30 bits per heavy atom. The summed E-state index contributed by atoms with van der Waals surface area (Å²) in [6.45, 7) is 1.99. The van der Waals surface area contributed by atoms with Gasteiger partial charge < -0.3 is 19.9 Å². The minimum atomic E-state index is -0.861. The molecule has 108 valence electrons. The number of carboxylic acids is 1. The first kappa shape index (κ1) is 13.2. The number of hydrogen-bond acceptors (Lipinski definition) is 4. The van der Waals surface area contributed by atoms with Crippen LogP contribution in [0.2, 0.25) is 0 Å². The third kappa shape index (κ3) is 3.04. The molecule has 5 nitrogen and oxygen atoms in total. The lowest BCUT2D eigenvalue weighted by Crippen LogP contribution is -2.30. The highest BCUT2D eigenvalue weighted by molar-refractivity contribution is 5.76. The van der Waals surface area contributed by atoms with Gasteiger partial charge in [-0.3, -0.25) is 4.79 Å². The number of fused-ring (bicyclic) bond motifs is 1. The second-order valence-corrected chi connectivity index (χ2v) is 5.38. The quantitative estimate of drug-likeness (QED) is 0.861. The van der Waals surface area contributed by atoms with Crippen LogP contribution >= 0.6 is 0 Å². The molecule has 1 aliphatic heterocycles. The van der Waals surface area contributed by atoms with Gasteiger partial charge in [-0.2, -0.15) is 0 Å². The van der Waals surface area contributed by atoms with Gasteiger partial charge in [0.05, 0.1) is 13.2 Å². The van der Waals surface area contributed by atoms with E-state index < -0.39 is 12.0 Å². The summed E-state index contributed by atoms with van der Waals surface area (Å²) >= 11 is 0. The third-order valence-electron chi connectivity index (χ3n) is 3.66. The SMILES string of the molecule is O=C(O)C(NCC1CC1)c1ccc2c(c1)OCCCO2. The van der Waals surface area contributed by atoms with E-state index in [0.717, 1.165) is 13.0 Å². The van der Waals surface area contributed by atoms with Crippen molar-refractivity contribution in [2.24, 2.45) is 5.92 Å². The first-order valence-corrected chi connectivity index (χ1v) is 7.10. The Labute approximate surface area is 117 Å². The van der Waals surface area contributed by atoms with Gasteiger partial charge in [0.15, 0.2) is 11.5 Å². The Morgan fingerprint density at radius 2 is 2.05 bits per heavy atom. The monoisotopic (exact) mass is 277 g/mol. The molecular weight excluding hydrogens is 258 g/mol. The number of ether oxygens (including phenoxy) is 2. The van der Waals surface area contributed by atoms with Crippen molar-refractivity contribution in [2.75, 3.05) is 19.8 Å². The zero-order chi connectivity index (χ0) is 13.9. The van der Waals surface area contributed by atoms with E-state index in [4.69, 9.17) is 9.47 Å². The Kier molecular flexibility index (Phi) is 3.78. The number of carboxylic acid groups (broad SMARTS) is 1. The van der Waals surface area contributed by atoms with Crippen molar-refractivity contribution in [3.8, 4) is 11.5 Å². The first-order valence-electron chi connectivity index (χ1n) is 7.10. The Bertz CT molecular complexity index is 499. The van der Waals surface area contributed by atoms with E-state index in [1.54, 1.807) is 18.2 Å². The maximum atomic E-state index is 11.4. The zero-order valence-electron chi connectivity index (χ0n) is 11.3. The summed E-state index contributed by atoms with van der Waals surface area (Å²) in [6.07, 6.45) is 3.23. The van der Waals surface area contributed by atoms with Crippen LogP contribution in [0, 0.1) is 5.92 Å². The second kappa shape index (κ2) is 5.71. The average Bonchev–Trinajstić information content (AvgIpc) is 3.24. The molecule has 1 unspecified atom stereocenters. The highest BCUT2D eigenvalue weighted by atomic mass is 16.5. The fourth-order valence-electron chi connectivity index (χ4n) is 2.31. The van der Waals surface area contributed by atoms with Crippen molar-refractivity contribution in [1.82, 2.24) is 5.32 Å². The van der Waals surface area contributed by atoms with Crippen molar-refractivity contribution >= 4 is 5.97 Å². The lowest BCUT2D eigenvalue weighted by molar-refractivity contribution is -0.139. The zero-order valence-corrected chi connectivity index (χ0v) is 11.3. The maximum absolute atomic E-state index is 11.4. The minimum Gasteiger partial charge on any atom is -0.490 e. The molecule has 0 saturated heterocycles. The van der Waals surface area contributed by atoms with Crippen LogP contribution in [0.5, 0.6) is 11.5 Å². The maximum Gasteiger partial charge on any atom is 0.325 e. The predicted octanol–water partition coefficient (Wildman–Crippen LogP) is 1.97. The van der Waals surface area contributed by atoms with Gasteiger partial charge in [0.1, 0.15) is 6.04 Å². The van der Waals surface area contributed by atoms with E-state index in [-0.39, 0.29) is 0 Å². The fraction of sp³-hybridized carbons (Fsp3) is 0.533. The Morgan fingerprint density at radius 3 is 2.75 bits per heavy atom. The molecule has 0 radical (unpaired) electrons. The molecule has 1 atom stereocenters. The Balaban J connectivity index is 1.78. The highest BCUT2D eigenvalue weighted by Crippen LogP contribution is 2.33. The van der Waals surface area contributed by atoms with E-state index in [0.29, 0.717) is 36.2 Å². The van der Waals surface area contributed by atoms with Crippen LogP contribution in [-0.4, -0.2) is 30.8 Å². The molecule has 1 aromatic carbocycles. The van der Waals surface area contributed by atoms with E-state index in [1.165, 1.54) is 12.8 Å². The van der Waals surface area contributed by atoms with Crippen molar-refractivity contribution < 1.29 is 19.4 Å². The van der Waals surface area contributed by atoms with E-state index >= 15 is 0 Å². The standard InChI is InChI=1S/C15H19NO4/c17-15(18)14(16-9-10-2-3-10)11-4-5-12-13(8-11)20-7-1-6-19-12/h4-5,8,10,14,16H,1-3,6-7,9H2,(H,17,18). The summed E-state index contributed by atoms with van der Waals surface area (Å²) in [5, 5.41) is 12.5. The van der Waals surface area contributed by atoms with Gasteiger partial charge in [-0.05, 0) is 43.0 Å². The minimum absolute atomic E-state index is 0.601. The molecule has 0 amide bonds. The van der Waals surface area contributed by atoms with Crippen LogP contribution in [0.4, 0.5) is 0 Å². The van der Waals surface area contributed by atoms with Crippen LogP contribution in [-0.2, 0) is 4.79 Å². The van der Waals surface area contributed by atoms with Crippen molar-refractivity contribution in [1.29, 1.82) is 0 Å². The summed E-state index contributed by atoms with van der Waals surface area (Å²) in [6, 6.07) is 4.68. The van der Waals surface area contributed by atoms with Gasteiger partial charge in [0.2, 0.25) is 0 Å². The predicted molar refractivity (Wildman–Crippen MR) is 73.2 cm³/mol. The lowest BCUT2D eigenvalue weighted by Gasteiger charge is -2.16. The molecule has 2 aliphatic rings. The normalized spacial score (nSPS) is 19.2. The highest BCUT2D eigenvalue weighted by Gasteiger charge is 2.26. The number of benzene rings is 1. The lowest BCUT2D eigenvalue weighted by atomic mass is 10.1. The van der Waals surface area contributed by atoms with Crippen LogP contribution < -0.4 is 14.8 Å². The second-order valence-electron chi connectivity index (χ2n) is 5.38. The van der Waals surface area contributed by atoms with Crippen LogP contribution in [0.3, 0.4) is 0 Å². The Hall–Kier alpha value is -1.75. The largest absolute Gasteiger partial charge is 0.490 e. The van der Waals surface area contributed by atoms with E-state index in [9.17, 15) is 9.90 Å². The average molecular weight is 277 g/mol. The summed E-state index contributed by atoms with van der Waals surface area (Å²) in [5.74, 6) is 1.11. The van der Waals surface area contributed by atoms with Crippen molar-refractivity contribution in [3.63, 3.8) is 0 Å². The van der Waals surface area contributed by atoms with Crippen LogP contribution in [0.25, 0.3) is 0 Å². The van der Waals surface area contributed by atoms with Gasteiger partial charge in [0.25, 0.3) is 0 Å². The molecule has 0 bridgehead atoms. The molecule has 5 heteroatoms. The van der Waals surface area contributed by atoms with Gasteiger partial charge in [-0.1, -0.05) is 6.07 Å². The molecule has 1 aliphatic carbocycles. The van der Waals surface area contributed by atoms with Gasteiger partial charge >= 0.3 is 5.97 Å². The smallest absolute Gasteiger partial charge is 0.325 e. The molecule has 0 spiro atoms. The molecule has 1 heterocycles. The van der Waals surface area contributed by atoms with Crippen LogP contribution in [0.15, 0.2) is 18.2 Å². The van der Waals surface area contributed by atoms with Crippen molar-refractivity contribution in [2.45, 2.75) is 25.3 Å². The topological polar surface area (TPSA) is 67.8 Å². The first-order chi connectivity index (χ1) is 9.74. The number of nitrogens with one attached hydrogen (secondary N) is 1. The molecule has 1 fully saturated rings. The third-order valence-corrected chi connectivity index (χ3v) is 3.66. The molecule has 20 heavy (non-hydrogen) atoms. The molecule has 1 saturated carbocycles. The van der Waals surface area contributed by atoms with Crippen LogP contribution in [0.1, 0.15) is 30.9 Å². The summed E-state index contributed by atoms with van der Waals surface area (Å²) < 4.78 is 11.2. The van der Waals surface area contributed by atoms with Gasteiger partial charge in [-0.15, -0.1) is 0 Å². The van der Waals surface area contributed by atoms with Gasteiger partial charge in [0, 0.05) is 6.42 Å². The number of rotatable bonds is 5. The molecule has 1 aromatic rings. The van der Waals surface area contributed by atoms with E-state index in [2.05, 4.69) is 5.32 Å². The number of carbonyl (C=O) groups is 1. The van der Waals surface area contributed by atoms with Crippen molar-refractivity contribution in [3.05, 3.63) is 23.8 Å². The summed E-state index contributed by atoms with van der Waals surface area (Å²) in [4.78, 5) is 11.4. The summed E-state index contributed by atoms with van der Waals surface area (Å²) in [7, 11) is 0. The van der Waals surface area contributed by atoms with Gasteiger partial charge in [-0.25, -0.2) is 0 Å². The molecule has 3 rings (SSSR count). The number of hydrogen-bond donors (Lipinski definition) is 2. The number of aliphatic carboxylic acids is 1. The molecular formula is C15H19NO4. The van der Waals surface area contributed by atoms with E-state index in [1.807, 2.05) is 0 Å². The fourth-order valence-corrected chi connectivity index (χ4v) is 2.31. The molecule has 2 N–H and O–H groups in total.